The number of nitrogens with zero attached hydrogens (tertiary/aromatic N) is 2. The predicted molar refractivity (Wildman–Crippen MR) is 89.1 cm³/mol. The Balaban J connectivity index is 1.76. The van der Waals surface area contributed by atoms with Crippen molar-refractivity contribution in [3.05, 3.63) is 70.8 Å². The third-order valence-corrected chi connectivity index (χ3v) is 3.48. The van der Waals surface area contributed by atoms with E-state index in [2.05, 4.69) is 36.5 Å². The fourth-order valence-corrected chi connectivity index (χ4v) is 2.14. The summed E-state index contributed by atoms with van der Waals surface area (Å²) in [5, 5.41) is 5.96. The van der Waals surface area contributed by atoms with Crippen LogP contribution < -0.4 is 10.6 Å². The number of halogens is 3. The van der Waals surface area contributed by atoms with E-state index >= 15 is 0 Å². The lowest BCUT2D eigenvalue weighted by Crippen LogP contribution is -2.00. The molecule has 2 N–H and O–H groups in total. The SMILES string of the molecule is Fc1ccc(Nc2ccnc(Nc3ccc(Br)cc3)n2)cc1F. The monoisotopic (exact) mass is 376 g/mol. The summed E-state index contributed by atoms with van der Waals surface area (Å²) in [7, 11) is 0. The molecule has 3 rings (SSSR count). The van der Waals surface area contributed by atoms with E-state index in [-0.39, 0.29) is 0 Å². The molecule has 2 aromatic carbocycles. The molecule has 0 aliphatic heterocycles. The molecule has 4 nitrogen and oxygen atoms in total. The molecule has 7 heteroatoms. The van der Waals surface area contributed by atoms with Crippen LogP contribution in [-0.2, 0) is 0 Å². The van der Waals surface area contributed by atoms with Gasteiger partial charge in [0, 0.05) is 28.1 Å². The maximum atomic E-state index is 13.2. The van der Waals surface area contributed by atoms with E-state index in [1.807, 2.05) is 24.3 Å². The van der Waals surface area contributed by atoms with Crippen LogP contribution in [0.15, 0.2) is 59.2 Å². The highest BCUT2D eigenvalue weighted by Crippen LogP contribution is 2.20. The Morgan fingerprint density at radius 2 is 1.57 bits per heavy atom. The number of rotatable bonds is 4. The topological polar surface area (TPSA) is 49.8 Å². The molecule has 0 saturated carbocycles. The molecule has 0 atom stereocenters. The molecular weight excluding hydrogens is 366 g/mol. The van der Waals surface area contributed by atoms with Gasteiger partial charge in [0.15, 0.2) is 11.6 Å². The fourth-order valence-electron chi connectivity index (χ4n) is 1.87. The van der Waals surface area contributed by atoms with Gasteiger partial charge in [0.2, 0.25) is 5.95 Å². The van der Waals surface area contributed by atoms with Gasteiger partial charge in [0.1, 0.15) is 5.82 Å². The number of nitrogens with one attached hydrogen (secondary N) is 2. The van der Waals surface area contributed by atoms with Crippen molar-refractivity contribution in [3.8, 4) is 0 Å². The number of benzene rings is 2. The van der Waals surface area contributed by atoms with Crippen LogP contribution in [0, 0.1) is 11.6 Å². The van der Waals surface area contributed by atoms with Crippen LogP contribution in [0.2, 0.25) is 0 Å². The summed E-state index contributed by atoms with van der Waals surface area (Å²) >= 11 is 3.36. The van der Waals surface area contributed by atoms with Crippen molar-refractivity contribution >= 4 is 39.1 Å². The minimum Gasteiger partial charge on any atom is -0.340 e. The van der Waals surface area contributed by atoms with Crippen LogP contribution in [0.3, 0.4) is 0 Å². The summed E-state index contributed by atoms with van der Waals surface area (Å²) in [5.41, 5.74) is 1.23. The molecule has 0 aliphatic carbocycles. The maximum Gasteiger partial charge on any atom is 0.229 e. The van der Waals surface area contributed by atoms with Gasteiger partial charge in [-0.1, -0.05) is 15.9 Å². The van der Waals surface area contributed by atoms with E-state index < -0.39 is 11.6 Å². The van der Waals surface area contributed by atoms with Crippen molar-refractivity contribution in [3.63, 3.8) is 0 Å². The van der Waals surface area contributed by atoms with E-state index in [0.29, 0.717) is 17.5 Å². The van der Waals surface area contributed by atoms with Gasteiger partial charge in [-0.15, -0.1) is 0 Å². The summed E-state index contributed by atoms with van der Waals surface area (Å²) in [4.78, 5) is 8.40. The predicted octanol–water partition coefficient (Wildman–Crippen LogP) is 5.00. The van der Waals surface area contributed by atoms with Gasteiger partial charge >= 0.3 is 0 Å². The molecule has 1 aromatic heterocycles. The van der Waals surface area contributed by atoms with E-state index in [0.717, 1.165) is 22.3 Å². The van der Waals surface area contributed by atoms with Gasteiger partial charge in [-0.05, 0) is 42.5 Å². The van der Waals surface area contributed by atoms with Crippen LogP contribution in [-0.4, -0.2) is 9.97 Å². The Bertz CT molecular complexity index is 825. The molecule has 0 bridgehead atoms. The summed E-state index contributed by atoms with van der Waals surface area (Å²) in [6.07, 6.45) is 1.57. The number of anilines is 4. The summed E-state index contributed by atoms with van der Waals surface area (Å²) < 4.78 is 27.1. The molecule has 3 aromatic rings. The van der Waals surface area contributed by atoms with Crippen LogP contribution >= 0.6 is 15.9 Å². The van der Waals surface area contributed by atoms with Crippen LogP contribution in [0.1, 0.15) is 0 Å². The van der Waals surface area contributed by atoms with Crippen LogP contribution in [0.25, 0.3) is 0 Å². The quantitative estimate of drug-likeness (QED) is 0.672. The molecule has 0 saturated heterocycles. The normalized spacial score (nSPS) is 10.4. The van der Waals surface area contributed by atoms with Gasteiger partial charge in [-0.25, -0.2) is 13.8 Å². The Kier molecular flexibility index (Phi) is 4.47. The molecule has 0 radical (unpaired) electrons. The van der Waals surface area contributed by atoms with Crippen LogP contribution in [0.5, 0.6) is 0 Å². The van der Waals surface area contributed by atoms with E-state index in [9.17, 15) is 8.78 Å². The highest BCUT2D eigenvalue weighted by Gasteiger charge is 2.05. The lowest BCUT2D eigenvalue weighted by atomic mass is 10.3. The minimum absolute atomic E-state index is 0.389. The Morgan fingerprint density at radius 1 is 0.826 bits per heavy atom. The zero-order valence-corrected chi connectivity index (χ0v) is 13.3. The van der Waals surface area contributed by atoms with Crippen molar-refractivity contribution in [2.24, 2.45) is 0 Å². The molecule has 0 unspecified atom stereocenters. The van der Waals surface area contributed by atoms with Crippen molar-refractivity contribution in [2.75, 3.05) is 10.6 Å². The van der Waals surface area contributed by atoms with Gasteiger partial charge in [0.05, 0.1) is 0 Å². The zero-order valence-electron chi connectivity index (χ0n) is 11.7. The lowest BCUT2D eigenvalue weighted by Gasteiger charge is -2.09. The van der Waals surface area contributed by atoms with Gasteiger partial charge < -0.3 is 10.6 Å². The molecule has 0 aliphatic rings. The van der Waals surface area contributed by atoms with Crippen molar-refractivity contribution in [2.45, 2.75) is 0 Å². The first-order valence-corrected chi connectivity index (χ1v) is 7.47. The third-order valence-electron chi connectivity index (χ3n) is 2.95. The smallest absolute Gasteiger partial charge is 0.229 e. The van der Waals surface area contributed by atoms with Crippen molar-refractivity contribution < 1.29 is 8.78 Å². The van der Waals surface area contributed by atoms with E-state index in [1.54, 1.807) is 12.3 Å². The molecular formula is C16H11BrF2N4. The summed E-state index contributed by atoms with van der Waals surface area (Å²) in [6.45, 7) is 0. The zero-order chi connectivity index (χ0) is 16.2. The second-order valence-corrected chi connectivity index (χ2v) is 5.57. The van der Waals surface area contributed by atoms with Crippen LogP contribution in [0.4, 0.5) is 31.9 Å². The standard InChI is InChI=1S/C16H11BrF2N4/c17-10-1-3-11(4-2-10)22-16-20-8-7-15(23-16)21-12-5-6-13(18)14(19)9-12/h1-9H,(H2,20,21,22,23). The molecule has 23 heavy (non-hydrogen) atoms. The molecule has 116 valence electrons. The van der Waals surface area contributed by atoms with Crippen molar-refractivity contribution in [1.82, 2.24) is 9.97 Å². The second kappa shape index (κ2) is 6.70. The first-order valence-electron chi connectivity index (χ1n) is 6.68. The second-order valence-electron chi connectivity index (χ2n) is 4.65. The first kappa shape index (κ1) is 15.4. The van der Waals surface area contributed by atoms with Crippen molar-refractivity contribution in [1.29, 1.82) is 0 Å². The van der Waals surface area contributed by atoms with Gasteiger partial charge in [0.25, 0.3) is 0 Å². The highest BCUT2D eigenvalue weighted by molar-refractivity contribution is 9.10. The maximum absolute atomic E-state index is 13.2. The highest BCUT2D eigenvalue weighted by atomic mass is 79.9. The average molecular weight is 377 g/mol. The van der Waals surface area contributed by atoms with E-state index in [4.69, 9.17) is 0 Å². The Morgan fingerprint density at radius 3 is 2.30 bits per heavy atom. The molecule has 0 amide bonds. The Hall–Kier alpha value is -2.54. The van der Waals surface area contributed by atoms with Gasteiger partial charge in [-0.3, -0.25) is 0 Å². The average Bonchev–Trinajstić information content (AvgIpc) is 2.54. The first-order chi connectivity index (χ1) is 11.1. The molecule has 0 fully saturated rings. The molecule has 0 spiro atoms. The summed E-state index contributed by atoms with van der Waals surface area (Å²) in [6, 6.07) is 12.7. The lowest BCUT2D eigenvalue weighted by molar-refractivity contribution is 0.509. The number of hydrogen-bond acceptors (Lipinski definition) is 4. The molecule has 1 heterocycles. The minimum atomic E-state index is -0.919. The summed E-state index contributed by atoms with van der Waals surface area (Å²) in [5.74, 6) is -0.960. The van der Waals surface area contributed by atoms with Gasteiger partial charge in [-0.2, -0.15) is 4.98 Å². The third kappa shape index (κ3) is 4.01. The Labute approximate surface area is 139 Å². The number of hydrogen-bond donors (Lipinski definition) is 2. The fraction of sp³-hybridized carbons (Fsp3) is 0. The van der Waals surface area contributed by atoms with E-state index in [1.165, 1.54) is 6.07 Å². The number of aromatic nitrogens is 2. The largest absolute Gasteiger partial charge is 0.340 e.